The van der Waals surface area contributed by atoms with E-state index in [1.54, 1.807) is 27.7 Å². The summed E-state index contributed by atoms with van der Waals surface area (Å²) in [6, 6.07) is -0.621. The summed E-state index contributed by atoms with van der Waals surface area (Å²) in [6.07, 6.45) is 3.55. The van der Waals surface area contributed by atoms with Crippen molar-refractivity contribution in [2.75, 3.05) is 39.3 Å². The summed E-state index contributed by atoms with van der Waals surface area (Å²) in [6.45, 7) is 12.1. The highest BCUT2D eigenvalue weighted by Gasteiger charge is 2.20. The molecular formula is C18H39N5O3. The van der Waals surface area contributed by atoms with Gasteiger partial charge in [-0.3, -0.25) is 4.79 Å². The van der Waals surface area contributed by atoms with Gasteiger partial charge in [0.2, 0.25) is 5.91 Å². The van der Waals surface area contributed by atoms with Crippen LogP contribution in [-0.2, 0) is 9.53 Å². The molecule has 0 radical (unpaired) electrons. The van der Waals surface area contributed by atoms with Crippen molar-refractivity contribution in [3.63, 3.8) is 0 Å². The van der Waals surface area contributed by atoms with E-state index in [0.717, 1.165) is 58.4 Å². The minimum Gasteiger partial charge on any atom is -0.444 e. The molecule has 0 aliphatic carbocycles. The Morgan fingerprint density at radius 3 is 2.00 bits per heavy atom. The summed E-state index contributed by atoms with van der Waals surface area (Å²) in [4.78, 5) is 23.5. The van der Waals surface area contributed by atoms with E-state index in [2.05, 4.69) is 21.3 Å². The number of hydrogen-bond donors (Lipinski definition) is 5. The number of unbranched alkanes of at least 4 members (excludes halogenated alkanes) is 1. The Kier molecular flexibility index (Phi) is 14.0. The third-order valence-electron chi connectivity index (χ3n) is 3.47. The van der Waals surface area contributed by atoms with Crippen LogP contribution in [0.1, 0.15) is 53.4 Å². The number of amides is 2. The average Bonchev–Trinajstić information content (AvgIpc) is 2.53. The molecule has 0 saturated carbocycles. The average molecular weight is 374 g/mol. The van der Waals surface area contributed by atoms with Gasteiger partial charge in [0.05, 0.1) is 0 Å². The molecule has 26 heavy (non-hydrogen) atoms. The van der Waals surface area contributed by atoms with Crippen molar-refractivity contribution in [2.24, 2.45) is 5.73 Å². The largest absolute Gasteiger partial charge is 0.444 e. The fourth-order valence-corrected chi connectivity index (χ4v) is 2.11. The number of alkyl carbamates (subject to hydrolysis) is 1. The first kappa shape index (κ1) is 24.6. The first-order chi connectivity index (χ1) is 12.3. The monoisotopic (exact) mass is 373 g/mol. The predicted molar refractivity (Wildman–Crippen MR) is 105 cm³/mol. The minimum atomic E-state index is -0.621. The fourth-order valence-electron chi connectivity index (χ4n) is 2.11. The molecule has 1 atom stereocenters. The predicted octanol–water partition coefficient (Wildman–Crippen LogP) is 0.714. The maximum atomic E-state index is 11.9. The molecule has 8 nitrogen and oxygen atoms in total. The Morgan fingerprint density at radius 2 is 1.46 bits per heavy atom. The number of nitrogens with two attached hydrogens (primary N) is 1. The first-order valence-electron chi connectivity index (χ1n) is 9.65. The van der Waals surface area contributed by atoms with Crippen LogP contribution in [0.4, 0.5) is 4.79 Å². The summed E-state index contributed by atoms with van der Waals surface area (Å²) in [5.74, 6) is -0.209. The van der Waals surface area contributed by atoms with Crippen LogP contribution in [0.15, 0.2) is 0 Å². The van der Waals surface area contributed by atoms with Gasteiger partial charge in [-0.2, -0.15) is 0 Å². The summed E-state index contributed by atoms with van der Waals surface area (Å²) in [5.41, 5.74) is 4.85. The lowest BCUT2D eigenvalue weighted by Gasteiger charge is -2.21. The molecule has 0 aromatic rings. The van der Waals surface area contributed by atoms with Crippen molar-refractivity contribution in [3.8, 4) is 0 Å². The summed E-state index contributed by atoms with van der Waals surface area (Å²) in [5, 5.41) is 12.1. The number of rotatable bonds is 14. The second kappa shape index (κ2) is 14.8. The standard InChI is InChI=1S/C18H39N5O3/c1-15(23-17(25)26-18(2,3)4)16(24)22-14-8-13-21-11-6-5-10-20-12-7-9-19/h15,20-21H,5-14,19H2,1-4H3,(H,22,24)(H,23,25). The van der Waals surface area contributed by atoms with E-state index >= 15 is 0 Å². The quantitative estimate of drug-likeness (QED) is 0.286. The van der Waals surface area contributed by atoms with E-state index < -0.39 is 17.7 Å². The van der Waals surface area contributed by atoms with Crippen LogP contribution >= 0.6 is 0 Å². The molecule has 0 fully saturated rings. The van der Waals surface area contributed by atoms with Gasteiger partial charge in [-0.05, 0) is 86.1 Å². The molecule has 8 heteroatoms. The summed E-state index contributed by atoms with van der Waals surface area (Å²) in [7, 11) is 0. The molecule has 0 spiro atoms. The minimum absolute atomic E-state index is 0.209. The van der Waals surface area contributed by atoms with E-state index in [-0.39, 0.29) is 5.91 Å². The van der Waals surface area contributed by atoms with Crippen molar-refractivity contribution >= 4 is 12.0 Å². The van der Waals surface area contributed by atoms with Crippen LogP contribution in [-0.4, -0.2) is 62.9 Å². The third kappa shape index (κ3) is 16.1. The molecule has 6 N–H and O–H groups in total. The number of nitrogens with one attached hydrogen (secondary N) is 4. The van der Waals surface area contributed by atoms with Crippen molar-refractivity contribution in [3.05, 3.63) is 0 Å². The Hall–Kier alpha value is -1.38. The lowest BCUT2D eigenvalue weighted by atomic mass is 10.2. The zero-order chi connectivity index (χ0) is 19.8. The Bertz CT molecular complexity index is 386. The zero-order valence-corrected chi connectivity index (χ0v) is 17.0. The molecule has 0 aliphatic rings. The molecular weight excluding hydrogens is 334 g/mol. The topological polar surface area (TPSA) is 118 Å². The second-order valence-corrected chi connectivity index (χ2v) is 7.36. The van der Waals surface area contributed by atoms with Gasteiger partial charge in [-0.25, -0.2) is 4.79 Å². The van der Waals surface area contributed by atoms with Crippen molar-refractivity contribution in [1.82, 2.24) is 21.3 Å². The highest BCUT2D eigenvalue weighted by molar-refractivity contribution is 5.85. The molecule has 0 saturated heterocycles. The van der Waals surface area contributed by atoms with Crippen LogP contribution in [0, 0.1) is 0 Å². The normalized spacial score (nSPS) is 12.5. The maximum Gasteiger partial charge on any atom is 0.408 e. The van der Waals surface area contributed by atoms with Crippen LogP contribution < -0.4 is 27.0 Å². The highest BCUT2D eigenvalue weighted by Crippen LogP contribution is 2.06. The van der Waals surface area contributed by atoms with Gasteiger partial charge in [0.15, 0.2) is 0 Å². The second-order valence-electron chi connectivity index (χ2n) is 7.36. The molecule has 0 heterocycles. The van der Waals surface area contributed by atoms with E-state index in [1.165, 1.54) is 0 Å². The summed E-state index contributed by atoms with van der Waals surface area (Å²) >= 11 is 0. The number of carbonyl (C=O) groups is 2. The number of ether oxygens (including phenoxy) is 1. The van der Waals surface area contributed by atoms with E-state index in [4.69, 9.17) is 10.5 Å². The van der Waals surface area contributed by atoms with E-state index in [0.29, 0.717) is 6.54 Å². The molecule has 154 valence electrons. The molecule has 0 aliphatic heterocycles. The van der Waals surface area contributed by atoms with Gasteiger partial charge in [-0.15, -0.1) is 0 Å². The zero-order valence-electron chi connectivity index (χ0n) is 17.0. The molecule has 1 unspecified atom stereocenters. The fraction of sp³-hybridized carbons (Fsp3) is 0.889. The van der Waals surface area contributed by atoms with Crippen molar-refractivity contribution in [2.45, 2.75) is 65.0 Å². The van der Waals surface area contributed by atoms with Gasteiger partial charge >= 0.3 is 6.09 Å². The van der Waals surface area contributed by atoms with Gasteiger partial charge in [0, 0.05) is 6.54 Å². The smallest absolute Gasteiger partial charge is 0.408 e. The summed E-state index contributed by atoms with van der Waals surface area (Å²) < 4.78 is 5.13. The van der Waals surface area contributed by atoms with E-state index in [1.807, 2.05) is 0 Å². The Morgan fingerprint density at radius 1 is 0.923 bits per heavy atom. The van der Waals surface area contributed by atoms with E-state index in [9.17, 15) is 9.59 Å². The SMILES string of the molecule is CC(NC(=O)OC(C)(C)C)C(=O)NCCCNCCCCNCCCN. The van der Waals surface area contributed by atoms with Gasteiger partial charge < -0.3 is 31.7 Å². The number of carbonyl (C=O) groups excluding carboxylic acids is 2. The van der Waals surface area contributed by atoms with Crippen molar-refractivity contribution in [1.29, 1.82) is 0 Å². The highest BCUT2D eigenvalue weighted by atomic mass is 16.6. The van der Waals surface area contributed by atoms with Crippen LogP contribution in [0.5, 0.6) is 0 Å². The third-order valence-corrected chi connectivity index (χ3v) is 3.47. The Balaban J connectivity index is 3.52. The lowest BCUT2D eigenvalue weighted by molar-refractivity contribution is -0.122. The molecule has 0 rings (SSSR count). The van der Waals surface area contributed by atoms with Crippen LogP contribution in [0.3, 0.4) is 0 Å². The molecule has 0 bridgehead atoms. The lowest BCUT2D eigenvalue weighted by Crippen LogP contribution is -2.46. The molecule has 0 aromatic carbocycles. The van der Waals surface area contributed by atoms with Crippen LogP contribution in [0.25, 0.3) is 0 Å². The molecule has 0 aromatic heterocycles. The Labute approximate surface area is 158 Å². The van der Waals surface area contributed by atoms with Crippen LogP contribution in [0.2, 0.25) is 0 Å². The van der Waals surface area contributed by atoms with Gasteiger partial charge in [0.25, 0.3) is 0 Å². The van der Waals surface area contributed by atoms with Gasteiger partial charge in [-0.1, -0.05) is 0 Å². The van der Waals surface area contributed by atoms with Gasteiger partial charge in [0.1, 0.15) is 11.6 Å². The van der Waals surface area contributed by atoms with Crippen molar-refractivity contribution < 1.29 is 14.3 Å². The molecule has 2 amide bonds. The number of hydrogen-bond acceptors (Lipinski definition) is 6. The first-order valence-corrected chi connectivity index (χ1v) is 9.65. The maximum absolute atomic E-state index is 11.9.